The third-order valence-electron chi connectivity index (χ3n) is 5.90. The zero-order valence-electron chi connectivity index (χ0n) is 18.4. The summed E-state index contributed by atoms with van der Waals surface area (Å²) in [4.78, 5) is 23.8. The number of phenols is 2. The Morgan fingerprint density at radius 1 is 0.800 bits per heavy atom. The van der Waals surface area contributed by atoms with Gasteiger partial charge in [0.05, 0.1) is 17.4 Å². The molecule has 5 aromatic rings. The molecular formula is C28H20O7. The van der Waals surface area contributed by atoms with E-state index < -0.39 is 11.9 Å². The molecule has 0 aliphatic carbocycles. The lowest BCUT2D eigenvalue weighted by Gasteiger charge is -2.12. The van der Waals surface area contributed by atoms with Crippen LogP contribution in [0.15, 0.2) is 83.5 Å². The number of hydrogen-bond acceptors (Lipinski definition) is 6. The molecule has 35 heavy (non-hydrogen) atoms. The number of ether oxygens (including phenoxy) is 1. The van der Waals surface area contributed by atoms with E-state index in [1.54, 1.807) is 30.5 Å². The Labute approximate surface area is 199 Å². The summed E-state index contributed by atoms with van der Waals surface area (Å²) < 4.78 is 10.8. The lowest BCUT2D eigenvalue weighted by Crippen LogP contribution is -2.05. The summed E-state index contributed by atoms with van der Waals surface area (Å²) in [6.45, 7) is 0.0805. The molecule has 7 heteroatoms. The van der Waals surface area contributed by atoms with Gasteiger partial charge in [-0.2, -0.15) is 0 Å². The largest absolute Gasteiger partial charge is 0.507 e. The average molecular weight is 468 g/mol. The van der Waals surface area contributed by atoms with Crippen molar-refractivity contribution < 1.29 is 34.1 Å². The van der Waals surface area contributed by atoms with Gasteiger partial charge in [-0.15, -0.1) is 0 Å². The Hall–Kier alpha value is -4.78. The van der Waals surface area contributed by atoms with Gasteiger partial charge < -0.3 is 24.5 Å². The monoisotopic (exact) mass is 468 g/mol. The van der Waals surface area contributed by atoms with E-state index in [9.17, 15) is 19.8 Å². The second kappa shape index (κ2) is 8.87. The van der Waals surface area contributed by atoms with E-state index >= 15 is 0 Å². The summed E-state index contributed by atoms with van der Waals surface area (Å²) in [5.41, 5.74) is 2.97. The number of aromatic hydroxyl groups is 2. The molecule has 0 bridgehead atoms. The maximum absolute atomic E-state index is 12.7. The number of carboxylic acid groups (broad SMARTS) is 1. The number of carboxylic acids is 1. The molecule has 3 N–H and O–H groups in total. The van der Waals surface area contributed by atoms with Gasteiger partial charge >= 0.3 is 11.9 Å². The summed E-state index contributed by atoms with van der Waals surface area (Å²) in [5.74, 6) is -1.82. The van der Waals surface area contributed by atoms with Gasteiger partial charge in [-0.1, -0.05) is 24.3 Å². The van der Waals surface area contributed by atoms with Gasteiger partial charge in [0.1, 0.15) is 23.7 Å². The summed E-state index contributed by atoms with van der Waals surface area (Å²) in [7, 11) is 0. The van der Waals surface area contributed by atoms with Crippen LogP contribution in [0.1, 0.15) is 37.4 Å². The Kier molecular flexibility index (Phi) is 5.58. The number of carbonyl (C=O) groups is 2. The van der Waals surface area contributed by atoms with Crippen molar-refractivity contribution in [2.75, 3.05) is 0 Å². The number of esters is 1. The highest BCUT2D eigenvalue weighted by Gasteiger charge is 2.16. The molecule has 1 aromatic heterocycles. The van der Waals surface area contributed by atoms with Gasteiger partial charge in [0.25, 0.3) is 0 Å². The minimum Gasteiger partial charge on any atom is -0.507 e. The van der Waals surface area contributed by atoms with E-state index in [2.05, 4.69) is 0 Å². The molecule has 0 radical (unpaired) electrons. The van der Waals surface area contributed by atoms with Crippen molar-refractivity contribution in [2.45, 2.75) is 13.0 Å². The highest BCUT2D eigenvalue weighted by molar-refractivity contribution is 5.99. The van der Waals surface area contributed by atoms with Crippen molar-refractivity contribution in [1.29, 1.82) is 0 Å². The second-order valence-electron chi connectivity index (χ2n) is 8.21. The number of benzene rings is 4. The first kappa shape index (κ1) is 22.0. The molecule has 0 spiro atoms. The van der Waals surface area contributed by atoms with Gasteiger partial charge in [0.15, 0.2) is 0 Å². The Morgan fingerprint density at radius 2 is 1.54 bits per heavy atom. The minimum atomic E-state index is -1.03. The Morgan fingerprint density at radius 3 is 2.31 bits per heavy atom. The highest BCUT2D eigenvalue weighted by Crippen LogP contribution is 2.37. The summed E-state index contributed by atoms with van der Waals surface area (Å²) in [5, 5.41) is 32.3. The fourth-order valence-corrected chi connectivity index (χ4v) is 4.01. The molecule has 0 amide bonds. The smallest absolute Gasteiger partial charge is 0.338 e. The van der Waals surface area contributed by atoms with Crippen molar-refractivity contribution >= 4 is 33.7 Å². The number of furan rings is 1. The normalized spacial score (nSPS) is 11.1. The van der Waals surface area contributed by atoms with Gasteiger partial charge in [0, 0.05) is 22.8 Å². The van der Waals surface area contributed by atoms with Crippen LogP contribution >= 0.6 is 0 Å². The number of fused-ring (bicyclic) bond motifs is 2. The van der Waals surface area contributed by atoms with Crippen LogP contribution in [-0.4, -0.2) is 27.3 Å². The quantitative estimate of drug-likeness (QED) is 0.276. The van der Waals surface area contributed by atoms with Crippen LogP contribution in [0.4, 0.5) is 0 Å². The summed E-state index contributed by atoms with van der Waals surface area (Å²) >= 11 is 0. The third-order valence-corrected chi connectivity index (χ3v) is 5.90. The number of carbonyl (C=O) groups excluding carboxylic acids is 1. The number of hydrogen-bond donors (Lipinski definition) is 3. The summed E-state index contributed by atoms with van der Waals surface area (Å²) in [6.07, 6.45) is 1.78. The molecule has 0 atom stereocenters. The Bertz CT molecular complexity index is 1580. The topological polar surface area (TPSA) is 117 Å². The average Bonchev–Trinajstić information content (AvgIpc) is 3.33. The molecule has 1 heterocycles. The third kappa shape index (κ3) is 4.39. The predicted octanol–water partition coefficient (Wildman–Crippen LogP) is 5.64. The van der Waals surface area contributed by atoms with Gasteiger partial charge in [-0.3, -0.25) is 0 Å². The first-order valence-electron chi connectivity index (χ1n) is 10.8. The van der Waals surface area contributed by atoms with E-state index in [0.717, 1.165) is 16.5 Å². The van der Waals surface area contributed by atoms with Crippen LogP contribution in [0.2, 0.25) is 0 Å². The fraction of sp³-hybridized carbons (Fsp3) is 0.0714. The van der Waals surface area contributed by atoms with Crippen LogP contribution in [0.3, 0.4) is 0 Å². The molecule has 0 fully saturated rings. The highest BCUT2D eigenvalue weighted by atomic mass is 16.5. The number of phenolic OH excluding ortho intramolecular Hbond substituents is 2. The molecule has 0 aliphatic rings. The standard InChI is InChI=1S/C28H20O7/c29-24-14-19-6-7-21(28(33)35-15-17-3-8-25-20(11-17)9-10-34-25)13-22(19)26(30)23(24)12-16-1-4-18(5-2-16)27(31)32/h1-11,13-14,29-30H,12,15H2,(H,31,32). The predicted molar refractivity (Wildman–Crippen MR) is 129 cm³/mol. The zero-order chi connectivity index (χ0) is 24.5. The molecule has 0 aliphatic heterocycles. The van der Waals surface area contributed by atoms with Crippen LogP contribution in [0, 0.1) is 0 Å². The van der Waals surface area contributed by atoms with Crippen molar-refractivity contribution in [3.63, 3.8) is 0 Å². The van der Waals surface area contributed by atoms with E-state index in [1.807, 2.05) is 24.3 Å². The molecule has 0 saturated heterocycles. The molecule has 0 saturated carbocycles. The lowest BCUT2D eigenvalue weighted by atomic mass is 9.97. The van der Waals surface area contributed by atoms with E-state index in [4.69, 9.17) is 14.3 Å². The Balaban J connectivity index is 1.38. The second-order valence-corrected chi connectivity index (χ2v) is 8.21. The molecular weight excluding hydrogens is 448 g/mol. The number of rotatable bonds is 6. The van der Waals surface area contributed by atoms with Crippen LogP contribution in [0.5, 0.6) is 11.5 Å². The van der Waals surface area contributed by atoms with E-state index in [0.29, 0.717) is 16.3 Å². The van der Waals surface area contributed by atoms with Crippen molar-refractivity contribution in [1.82, 2.24) is 0 Å². The SMILES string of the molecule is O=C(O)c1ccc(Cc2c(O)cc3ccc(C(=O)OCc4ccc5occc5c4)cc3c2O)cc1. The fourth-order valence-electron chi connectivity index (χ4n) is 4.01. The molecule has 174 valence electrons. The van der Waals surface area contributed by atoms with Crippen molar-refractivity contribution in [2.24, 2.45) is 0 Å². The van der Waals surface area contributed by atoms with Gasteiger partial charge in [0.2, 0.25) is 0 Å². The summed E-state index contributed by atoms with van der Waals surface area (Å²) in [6, 6.07) is 19.8. The van der Waals surface area contributed by atoms with Gasteiger partial charge in [-0.05, 0) is 65.0 Å². The zero-order valence-corrected chi connectivity index (χ0v) is 18.4. The van der Waals surface area contributed by atoms with Gasteiger partial charge in [-0.25, -0.2) is 9.59 Å². The van der Waals surface area contributed by atoms with Crippen LogP contribution in [-0.2, 0) is 17.8 Å². The molecule has 7 nitrogen and oxygen atoms in total. The van der Waals surface area contributed by atoms with Crippen molar-refractivity contribution in [3.05, 3.63) is 107 Å². The van der Waals surface area contributed by atoms with E-state index in [1.165, 1.54) is 24.3 Å². The first-order valence-corrected chi connectivity index (χ1v) is 10.8. The maximum atomic E-state index is 12.7. The maximum Gasteiger partial charge on any atom is 0.338 e. The molecule has 4 aromatic carbocycles. The lowest BCUT2D eigenvalue weighted by molar-refractivity contribution is 0.0472. The van der Waals surface area contributed by atoms with Crippen molar-refractivity contribution in [3.8, 4) is 11.5 Å². The van der Waals surface area contributed by atoms with Crippen LogP contribution < -0.4 is 0 Å². The van der Waals surface area contributed by atoms with Crippen LogP contribution in [0.25, 0.3) is 21.7 Å². The molecule has 5 rings (SSSR count). The number of aromatic carboxylic acids is 1. The first-order chi connectivity index (χ1) is 16.9. The minimum absolute atomic E-state index is 0.0805. The van der Waals surface area contributed by atoms with E-state index in [-0.39, 0.29) is 41.2 Å². The molecule has 0 unspecified atom stereocenters.